The lowest BCUT2D eigenvalue weighted by atomic mass is 10.1. The molecular formula is C22H21N3OS. The van der Waals surface area contributed by atoms with Crippen molar-refractivity contribution in [3.05, 3.63) is 70.3 Å². The first-order valence-corrected chi connectivity index (χ1v) is 9.81. The third-order valence-electron chi connectivity index (χ3n) is 4.95. The number of carbonyl (C=O) groups excluding carboxylic acids is 1. The average molecular weight is 375 g/mol. The topological polar surface area (TPSA) is 46.4 Å². The predicted octanol–water partition coefficient (Wildman–Crippen LogP) is 4.94. The molecule has 1 aliphatic heterocycles. The quantitative estimate of drug-likeness (QED) is 0.659. The fourth-order valence-corrected chi connectivity index (χ4v) is 4.09. The Morgan fingerprint density at radius 2 is 1.89 bits per heavy atom. The number of aliphatic imine (C=N–C) groups is 1. The van der Waals surface area contributed by atoms with E-state index in [1.165, 1.54) is 17.3 Å². The number of benzene rings is 2. The van der Waals surface area contributed by atoms with Crippen LogP contribution in [-0.4, -0.2) is 15.6 Å². The normalized spacial score (nSPS) is 17.2. The van der Waals surface area contributed by atoms with Crippen molar-refractivity contribution in [2.24, 2.45) is 12.0 Å². The van der Waals surface area contributed by atoms with E-state index in [-0.39, 0.29) is 5.91 Å². The predicted molar refractivity (Wildman–Crippen MR) is 114 cm³/mol. The highest BCUT2D eigenvalue weighted by Crippen LogP contribution is 2.32. The van der Waals surface area contributed by atoms with Crippen molar-refractivity contribution >= 4 is 45.5 Å². The fraction of sp³-hybridized carbons (Fsp3) is 0.182. The summed E-state index contributed by atoms with van der Waals surface area (Å²) in [6.45, 7) is 4.20. The lowest BCUT2D eigenvalue weighted by Crippen LogP contribution is -2.19. The van der Waals surface area contributed by atoms with Gasteiger partial charge in [-0.05, 0) is 54.9 Å². The summed E-state index contributed by atoms with van der Waals surface area (Å²) in [6, 6.07) is 16.3. The molecule has 27 heavy (non-hydrogen) atoms. The van der Waals surface area contributed by atoms with Gasteiger partial charge < -0.3 is 9.88 Å². The molecule has 1 saturated heterocycles. The summed E-state index contributed by atoms with van der Waals surface area (Å²) in [4.78, 5) is 17.7. The van der Waals surface area contributed by atoms with Crippen LogP contribution in [0.2, 0.25) is 0 Å². The van der Waals surface area contributed by atoms with Gasteiger partial charge in [-0.2, -0.15) is 0 Å². The monoisotopic (exact) mass is 375 g/mol. The van der Waals surface area contributed by atoms with Gasteiger partial charge in [0.25, 0.3) is 5.91 Å². The summed E-state index contributed by atoms with van der Waals surface area (Å²) < 4.78 is 2.16. The molecule has 0 radical (unpaired) electrons. The number of nitrogens with one attached hydrogen (secondary N) is 1. The Kier molecular flexibility index (Phi) is 4.62. The zero-order chi connectivity index (χ0) is 19.0. The first-order chi connectivity index (χ1) is 13.1. The molecule has 1 fully saturated rings. The maximum absolute atomic E-state index is 12.4. The van der Waals surface area contributed by atoms with E-state index in [1.54, 1.807) is 0 Å². The van der Waals surface area contributed by atoms with Crippen LogP contribution < -0.4 is 5.32 Å². The number of para-hydroxylation sites is 1. The Bertz CT molecular complexity index is 1090. The number of aryl methyl sites for hydroxylation is 2. The number of aromatic nitrogens is 1. The van der Waals surface area contributed by atoms with Crippen LogP contribution in [0.25, 0.3) is 17.0 Å². The minimum atomic E-state index is -0.101. The molecule has 4 nitrogen and oxygen atoms in total. The Labute approximate surface area is 163 Å². The highest BCUT2D eigenvalue weighted by Gasteiger charge is 2.25. The maximum atomic E-state index is 12.4. The summed E-state index contributed by atoms with van der Waals surface area (Å²) >= 11 is 1.39. The molecule has 0 unspecified atom stereocenters. The Morgan fingerprint density at radius 1 is 1.15 bits per heavy atom. The first kappa shape index (κ1) is 17.6. The number of hydrogen-bond acceptors (Lipinski definition) is 3. The highest BCUT2D eigenvalue weighted by atomic mass is 32.2. The molecule has 0 spiro atoms. The van der Waals surface area contributed by atoms with Crippen molar-refractivity contribution in [2.45, 2.75) is 20.3 Å². The molecule has 0 bridgehead atoms. The molecule has 0 saturated carbocycles. The Hall–Kier alpha value is -2.79. The molecule has 2 aromatic carbocycles. The van der Waals surface area contributed by atoms with E-state index >= 15 is 0 Å². The summed E-state index contributed by atoms with van der Waals surface area (Å²) in [6.07, 6.45) is 2.97. The van der Waals surface area contributed by atoms with Crippen LogP contribution in [0.4, 0.5) is 5.69 Å². The van der Waals surface area contributed by atoms with E-state index in [9.17, 15) is 4.79 Å². The minimum Gasteiger partial charge on any atom is -0.347 e. The maximum Gasteiger partial charge on any atom is 0.264 e. The molecule has 1 aliphatic rings. The molecule has 1 amide bonds. The lowest BCUT2D eigenvalue weighted by Gasteiger charge is -1.99. The molecule has 136 valence electrons. The number of fused-ring (bicyclic) bond motifs is 1. The van der Waals surface area contributed by atoms with Gasteiger partial charge in [0, 0.05) is 29.2 Å². The Balaban J connectivity index is 1.67. The van der Waals surface area contributed by atoms with Gasteiger partial charge >= 0.3 is 0 Å². The smallest absolute Gasteiger partial charge is 0.264 e. The van der Waals surface area contributed by atoms with E-state index in [0.717, 1.165) is 34.3 Å². The summed E-state index contributed by atoms with van der Waals surface area (Å²) in [5.74, 6) is -0.101. The molecule has 0 atom stereocenters. The fourth-order valence-electron chi connectivity index (χ4n) is 3.27. The lowest BCUT2D eigenvalue weighted by molar-refractivity contribution is -0.115. The SMILES string of the molecule is CCc1ccc(N=C2NC(=O)/C(=C/c3c(C)n(C)c4ccccc34)S2)cc1. The van der Waals surface area contributed by atoms with Gasteiger partial charge in [0.05, 0.1) is 10.6 Å². The number of thioether (sulfide) groups is 1. The van der Waals surface area contributed by atoms with Gasteiger partial charge in [-0.1, -0.05) is 37.3 Å². The Morgan fingerprint density at radius 3 is 2.63 bits per heavy atom. The minimum absolute atomic E-state index is 0.101. The van der Waals surface area contributed by atoms with Crippen LogP contribution in [0.3, 0.4) is 0 Å². The second kappa shape index (κ2) is 7.08. The van der Waals surface area contributed by atoms with Gasteiger partial charge in [0.1, 0.15) is 0 Å². The van der Waals surface area contributed by atoms with Crippen LogP contribution in [-0.2, 0) is 18.3 Å². The molecule has 3 aromatic rings. The average Bonchev–Trinajstić information content (AvgIpc) is 3.15. The van der Waals surface area contributed by atoms with E-state index in [2.05, 4.69) is 53.0 Å². The van der Waals surface area contributed by atoms with Crippen LogP contribution in [0, 0.1) is 6.92 Å². The van der Waals surface area contributed by atoms with Crippen LogP contribution in [0.1, 0.15) is 23.7 Å². The zero-order valence-corrected chi connectivity index (χ0v) is 16.4. The number of carbonyl (C=O) groups is 1. The second-order valence-electron chi connectivity index (χ2n) is 6.58. The van der Waals surface area contributed by atoms with Gasteiger partial charge in [-0.3, -0.25) is 4.79 Å². The van der Waals surface area contributed by atoms with Gasteiger partial charge in [-0.15, -0.1) is 0 Å². The first-order valence-electron chi connectivity index (χ1n) is 8.99. The largest absolute Gasteiger partial charge is 0.347 e. The third kappa shape index (κ3) is 3.30. The van der Waals surface area contributed by atoms with Gasteiger partial charge in [0.2, 0.25) is 0 Å². The van der Waals surface area contributed by atoms with E-state index in [4.69, 9.17) is 0 Å². The molecule has 4 rings (SSSR count). The molecule has 2 heterocycles. The summed E-state index contributed by atoms with van der Waals surface area (Å²) in [7, 11) is 2.05. The van der Waals surface area contributed by atoms with Crippen molar-refractivity contribution < 1.29 is 4.79 Å². The molecule has 5 heteroatoms. The zero-order valence-electron chi connectivity index (χ0n) is 15.6. The van der Waals surface area contributed by atoms with Crippen molar-refractivity contribution in [1.82, 2.24) is 9.88 Å². The van der Waals surface area contributed by atoms with Crippen LogP contribution in [0.5, 0.6) is 0 Å². The summed E-state index contributed by atoms with van der Waals surface area (Å²) in [5, 5.41) is 4.65. The van der Waals surface area contributed by atoms with Gasteiger partial charge in [-0.25, -0.2) is 4.99 Å². The van der Waals surface area contributed by atoms with E-state index in [1.807, 2.05) is 37.4 Å². The third-order valence-corrected chi connectivity index (χ3v) is 5.86. The number of nitrogens with zero attached hydrogens (tertiary/aromatic N) is 2. The number of rotatable bonds is 3. The molecule has 1 N–H and O–H groups in total. The number of amides is 1. The van der Waals surface area contributed by atoms with Crippen molar-refractivity contribution in [2.75, 3.05) is 0 Å². The molecular weight excluding hydrogens is 354 g/mol. The van der Waals surface area contributed by atoms with Crippen molar-refractivity contribution in [3.63, 3.8) is 0 Å². The number of hydrogen-bond donors (Lipinski definition) is 1. The van der Waals surface area contributed by atoms with Crippen LogP contribution >= 0.6 is 11.8 Å². The molecule has 1 aromatic heterocycles. The summed E-state index contributed by atoms with van der Waals surface area (Å²) in [5.41, 5.74) is 5.50. The van der Waals surface area contributed by atoms with E-state index < -0.39 is 0 Å². The standard InChI is InChI=1S/C22H21N3OS/c1-4-15-9-11-16(12-10-15)23-22-24-21(26)20(27-22)13-18-14(2)25(3)19-8-6-5-7-17(18)19/h5-13H,4H2,1-3H3,(H,23,24,26)/b20-13-. The second-order valence-corrected chi connectivity index (χ2v) is 7.61. The number of amidine groups is 1. The van der Waals surface area contributed by atoms with Gasteiger partial charge in [0.15, 0.2) is 5.17 Å². The highest BCUT2D eigenvalue weighted by molar-refractivity contribution is 8.18. The van der Waals surface area contributed by atoms with Crippen LogP contribution in [0.15, 0.2) is 58.4 Å². The van der Waals surface area contributed by atoms with Crippen molar-refractivity contribution in [3.8, 4) is 0 Å². The van der Waals surface area contributed by atoms with Crippen molar-refractivity contribution in [1.29, 1.82) is 0 Å². The molecule has 0 aliphatic carbocycles. The van der Waals surface area contributed by atoms with E-state index in [0.29, 0.717) is 10.1 Å².